The van der Waals surface area contributed by atoms with E-state index in [4.69, 9.17) is 9.15 Å². The number of anilines is 1. The topological polar surface area (TPSA) is 92.0 Å². The predicted molar refractivity (Wildman–Crippen MR) is 110 cm³/mol. The molecule has 7 nitrogen and oxygen atoms in total. The lowest BCUT2D eigenvalue weighted by atomic mass is 9.90. The Bertz CT molecular complexity index is 1070. The number of furan rings is 1. The Balaban J connectivity index is 1.54. The van der Waals surface area contributed by atoms with Crippen LogP contribution in [0.4, 0.5) is 5.69 Å². The van der Waals surface area contributed by atoms with Crippen LogP contribution in [0.15, 0.2) is 40.8 Å². The summed E-state index contributed by atoms with van der Waals surface area (Å²) in [4.78, 5) is 25.9. The van der Waals surface area contributed by atoms with Crippen LogP contribution in [0.1, 0.15) is 13.3 Å². The Kier molecular flexibility index (Phi) is 5.15. The number of piperidine rings is 1. The minimum Gasteiger partial charge on any atom is -0.495 e. The number of fused-ring (bicyclic) bond motifs is 3. The van der Waals surface area contributed by atoms with Crippen molar-refractivity contribution in [1.29, 1.82) is 0 Å². The second-order valence-corrected chi connectivity index (χ2v) is 7.77. The molecule has 3 aromatic rings. The average molecular weight is 396 g/mol. The molecule has 1 aromatic heterocycles. The van der Waals surface area contributed by atoms with Crippen molar-refractivity contribution in [1.82, 2.24) is 4.90 Å². The molecule has 2 atom stereocenters. The molecule has 2 aromatic carbocycles. The monoisotopic (exact) mass is 396 g/mol. The molecular weight excluding hydrogens is 372 g/mol. The zero-order valence-corrected chi connectivity index (χ0v) is 16.5. The van der Waals surface area contributed by atoms with Gasteiger partial charge >= 0.3 is 5.97 Å². The maximum atomic E-state index is 12.7. The van der Waals surface area contributed by atoms with Crippen molar-refractivity contribution in [3.8, 4) is 5.75 Å². The second kappa shape index (κ2) is 7.75. The molecule has 2 heterocycles. The highest BCUT2D eigenvalue weighted by molar-refractivity contribution is 6.07. The number of nitrogens with zero attached hydrogens (tertiary/aromatic N) is 1. The summed E-state index contributed by atoms with van der Waals surface area (Å²) in [6.07, 6.45) is 0.643. The van der Waals surface area contributed by atoms with Crippen molar-refractivity contribution in [3.05, 3.63) is 36.4 Å². The number of methoxy groups -OCH3 is 1. The van der Waals surface area contributed by atoms with Crippen LogP contribution in [-0.4, -0.2) is 48.6 Å². The summed E-state index contributed by atoms with van der Waals surface area (Å²) in [6.45, 7) is 3.23. The van der Waals surface area contributed by atoms with Crippen LogP contribution in [0.2, 0.25) is 0 Å². The molecule has 7 heteroatoms. The maximum absolute atomic E-state index is 12.7. The molecule has 1 saturated heterocycles. The number of rotatable bonds is 5. The summed E-state index contributed by atoms with van der Waals surface area (Å²) in [5, 5.41) is 14.1. The lowest BCUT2D eigenvalue weighted by Crippen LogP contribution is -2.45. The van der Waals surface area contributed by atoms with E-state index in [0.717, 1.165) is 16.4 Å². The normalized spacial score (nSPS) is 20.1. The molecule has 0 saturated carbocycles. The average Bonchev–Trinajstić information content (AvgIpc) is 3.04. The van der Waals surface area contributed by atoms with E-state index < -0.39 is 11.9 Å². The van der Waals surface area contributed by atoms with E-state index in [1.165, 1.54) is 0 Å². The molecule has 2 N–H and O–H groups in total. The number of benzene rings is 2. The van der Waals surface area contributed by atoms with Gasteiger partial charge in [0.1, 0.15) is 16.9 Å². The Morgan fingerprint density at radius 3 is 2.76 bits per heavy atom. The van der Waals surface area contributed by atoms with Crippen LogP contribution < -0.4 is 10.1 Å². The molecule has 1 amide bonds. The van der Waals surface area contributed by atoms with E-state index in [1.807, 2.05) is 42.2 Å². The number of para-hydroxylation sites is 1. The van der Waals surface area contributed by atoms with Crippen LogP contribution >= 0.6 is 0 Å². The lowest BCUT2D eigenvalue weighted by Gasteiger charge is -2.34. The Hall–Kier alpha value is -3.06. The van der Waals surface area contributed by atoms with E-state index in [9.17, 15) is 14.7 Å². The van der Waals surface area contributed by atoms with Crippen LogP contribution in [0, 0.1) is 11.8 Å². The maximum Gasteiger partial charge on any atom is 0.307 e. The fourth-order valence-corrected chi connectivity index (χ4v) is 4.18. The summed E-state index contributed by atoms with van der Waals surface area (Å²) in [6, 6.07) is 11.4. The van der Waals surface area contributed by atoms with Gasteiger partial charge in [0.15, 0.2) is 0 Å². The number of amides is 1. The Labute approximate surface area is 168 Å². The van der Waals surface area contributed by atoms with Gasteiger partial charge in [-0.3, -0.25) is 14.5 Å². The SMILES string of the molecule is COc1cc2c(cc1NC(=O)CN1CC(C)CC(C(=O)O)C1)oc1ccccc12. The number of aliphatic carboxylic acids is 1. The largest absolute Gasteiger partial charge is 0.495 e. The van der Waals surface area contributed by atoms with Gasteiger partial charge in [0.25, 0.3) is 0 Å². The zero-order valence-electron chi connectivity index (χ0n) is 16.5. The van der Waals surface area contributed by atoms with Crippen LogP contribution in [-0.2, 0) is 9.59 Å². The molecular formula is C22H24N2O5. The van der Waals surface area contributed by atoms with Gasteiger partial charge in [-0.1, -0.05) is 25.1 Å². The number of nitrogens with one attached hydrogen (secondary N) is 1. The van der Waals surface area contributed by atoms with Gasteiger partial charge in [0, 0.05) is 29.9 Å². The highest BCUT2D eigenvalue weighted by Gasteiger charge is 2.30. The lowest BCUT2D eigenvalue weighted by molar-refractivity contribution is -0.144. The molecule has 2 unspecified atom stereocenters. The summed E-state index contributed by atoms with van der Waals surface area (Å²) in [7, 11) is 1.56. The number of carbonyl (C=O) groups is 2. The third-order valence-electron chi connectivity index (χ3n) is 5.42. The van der Waals surface area contributed by atoms with E-state index in [2.05, 4.69) is 5.32 Å². The highest BCUT2D eigenvalue weighted by atomic mass is 16.5. The van der Waals surface area contributed by atoms with Gasteiger partial charge in [-0.05, 0) is 24.5 Å². The minimum atomic E-state index is -0.807. The van der Waals surface area contributed by atoms with E-state index >= 15 is 0 Å². The third kappa shape index (κ3) is 3.91. The van der Waals surface area contributed by atoms with Gasteiger partial charge in [0.2, 0.25) is 5.91 Å². The Morgan fingerprint density at radius 2 is 2.00 bits per heavy atom. The quantitative estimate of drug-likeness (QED) is 0.685. The van der Waals surface area contributed by atoms with Gasteiger partial charge in [-0.15, -0.1) is 0 Å². The smallest absolute Gasteiger partial charge is 0.307 e. The van der Waals surface area contributed by atoms with Gasteiger partial charge in [0.05, 0.1) is 25.3 Å². The molecule has 0 aliphatic carbocycles. The third-order valence-corrected chi connectivity index (χ3v) is 5.42. The van der Waals surface area contributed by atoms with E-state index in [-0.39, 0.29) is 18.4 Å². The zero-order chi connectivity index (χ0) is 20.5. The second-order valence-electron chi connectivity index (χ2n) is 7.77. The summed E-state index contributed by atoms with van der Waals surface area (Å²) in [5.74, 6) is -0.670. The number of ether oxygens (including phenoxy) is 1. The fraction of sp³-hybridized carbons (Fsp3) is 0.364. The first-order chi connectivity index (χ1) is 13.9. The van der Waals surface area contributed by atoms with Gasteiger partial charge in [-0.25, -0.2) is 0 Å². The first-order valence-corrected chi connectivity index (χ1v) is 9.69. The van der Waals surface area contributed by atoms with Crippen molar-refractivity contribution in [2.24, 2.45) is 11.8 Å². The first-order valence-electron chi connectivity index (χ1n) is 9.69. The van der Waals surface area contributed by atoms with Gasteiger partial charge in [-0.2, -0.15) is 0 Å². The van der Waals surface area contributed by atoms with Crippen molar-refractivity contribution >= 4 is 39.5 Å². The molecule has 1 fully saturated rings. The van der Waals surface area contributed by atoms with Crippen molar-refractivity contribution < 1.29 is 23.8 Å². The predicted octanol–water partition coefficient (Wildman–Crippen LogP) is 3.58. The number of likely N-dealkylation sites (tertiary alicyclic amines) is 1. The number of carboxylic acids is 1. The number of hydrogen-bond donors (Lipinski definition) is 2. The van der Waals surface area contributed by atoms with E-state index in [1.54, 1.807) is 13.2 Å². The Morgan fingerprint density at radius 1 is 1.21 bits per heavy atom. The summed E-state index contributed by atoms with van der Waals surface area (Å²) < 4.78 is 11.4. The fourth-order valence-electron chi connectivity index (χ4n) is 4.18. The minimum absolute atomic E-state index is 0.134. The first kappa shape index (κ1) is 19.3. The summed E-state index contributed by atoms with van der Waals surface area (Å²) in [5.41, 5.74) is 1.97. The molecule has 152 valence electrons. The number of carboxylic acid groups (broad SMARTS) is 1. The van der Waals surface area contributed by atoms with Crippen molar-refractivity contribution in [2.45, 2.75) is 13.3 Å². The van der Waals surface area contributed by atoms with Crippen LogP contribution in [0.5, 0.6) is 5.75 Å². The van der Waals surface area contributed by atoms with Crippen LogP contribution in [0.25, 0.3) is 21.9 Å². The molecule has 0 radical (unpaired) electrons. The van der Waals surface area contributed by atoms with Crippen molar-refractivity contribution in [2.75, 3.05) is 32.1 Å². The number of carbonyl (C=O) groups excluding carboxylic acids is 1. The highest BCUT2D eigenvalue weighted by Crippen LogP contribution is 2.36. The molecule has 0 spiro atoms. The standard InChI is InChI=1S/C22H24N2O5/c1-13-7-14(22(26)27)11-24(10-13)12-21(25)23-17-9-19-16(8-20(17)28-2)15-5-3-4-6-18(15)29-19/h3-6,8-9,13-14H,7,10-12H2,1-2H3,(H,23,25)(H,26,27). The molecule has 1 aliphatic rings. The molecule has 1 aliphatic heterocycles. The van der Waals surface area contributed by atoms with Gasteiger partial charge < -0.3 is 19.6 Å². The summed E-state index contributed by atoms with van der Waals surface area (Å²) >= 11 is 0. The van der Waals surface area contributed by atoms with Crippen molar-refractivity contribution in [3.63, 3.8) is 0 Å². The molecule has 4 rings (SSSR count). The number of hydrogen-bond acceptors (Lipinski definition) is 5. The van der Waals surface area contributed by atoms with Crippen LogP contribution in [0.3, 0.4) is 0 Å². The molecule has 0 bridgehead atoms. The van der Waals surface area contributed by atoms with E-state index in [0.29, 0.717) is 36.5 Å². The molecule has 29 heavy (non-hydrogen) atoms.